The van der Waals surface area contributed by atoms with Crippen molar-refractivity contribution in [3.63, 3.8) is 0 Å². The molecule has 0 aromatic carbocycles. The summed E-state index contributed by atoms with van der Waals surface area (Å²) in [5, 5.41) is 20.5. The Morgan fingerprint density at radius 2 is 1.69 bits per heavy atom. The lowest BCUT2D eigenvalue weighted by Crippen LogP contribution is -2.15. The maximum atomic E-state index is 8.58. The van der Waals surface area contributed by atoms with Crippen LogP contribution in [0, 0.1) is 0 Å². The lowest BCUT2D eigenvalue weighted by Gasteiger charge is -2.02. The van der Waals surface area contributed by atoms with Gasteiger partial charge in [-0.15, -0.1) is 0 Å². The molecule has 0 atom stereocenters. The molecule has 96 valence electrons. The second-order valence-electron chi connectivity index (χ2n) is 4.16. The van der Waals surface area contributed by atoms with Gasteiger partial charge in [-0.05, 0) is 13.0 Å². The van der Waals surface area contributed by atoms with E-state index in [9.17, 15) is 0 Å². The van der Waals surface area contributed by atoms with Crippen molar-refractivity contribution in [2.75, 3.05) is 13.1 Å². The molecule has 0 fully saturated rings. The highest BCUT2D eigenvalue weighted by Gasteiger charge is 1.91. The van der Waals surface area contributed by atoms with Crippen LogP contribution < -0.4 is 5.32 Å². The molecule has 0 bridgehead atoms. The van der Waals surface area contributed by atoms with Gasteiger partial charge in [-0.1, -0.05) is 51.2 Å². The summed E-state index contributed by atoms with van der Waals surface area (Å²) >= 11 is 0. The van der Waals surface area contributed by atoms with Crippen LogP contribution in [0.5, 0.6) is 0 Å². The highest BCUT2D eigenvalue weighted by atomic mass is 16.5. The summed E-state index contributed by atoms with van der Waals surface area (Å²) < 4.78 is 0. The number of aliphatic hydroxyl groups is 2. The summed E-state index contributed by atoms with van der Waals surface area (Å²) in [7, 11) is 0. The number of aliphatic hydroxyl groups excluding tert-OH is 1. The first-order chi connectivity index (χ1) is 7.77. The fraction of sp³-hybridized carbons (Fsp3) is 0.846. The monoisotopic (exact) mass is 229 g/mol. The van der Waals surface area contributed by atoms with Gasteiger partial charge in [0.25, 0.3) is 0 Å². The third-order valence-electron chi connectivity index (χ3n) is 2.48. The zero-order chi connectivity index (χ0) is 12.1. The molecule has 0 heterocycles. The molecule has 0 aromatic heterocycles. The molecule has 3 N–H and O–H groups in total. The molecule has 0 unspecified atom stereocenters. The molecule has 0 radical (unpaired) electrons. The summed E-state index contributed by atoms with van der Waals surface area (Å²) in [6.07, 6.45) is 10.8. The van der Waals surface area contributed by atoms with Crippen molar-refractivity contribution in [1.82, 2.24) is 5.32 Å². The van der Waals surface area contributed by atoms with Gasteiger partial charge in [0.15, 0.2) is 6.29 Å². The van der Waals surface area contributed by atoms with Crippen molar-refractivity contribution >= 4 is 0 Å². The molecule has 0 aliphatic rings. The van der Waals surface area contributed by atoms with Gasteiger partial charge in [-0.25, -0.2) is 0 Å². The Labute approximate surface area is 99.6 Å². The molecule has 0 saturated heterocycles. The predicted octanol–water partition coefficient (Wildman–Crippen LogP) is 2.19. The minimum Gasteiger partial charge on any atom is -0.368 e. The van der Waals surface area contributed by atoms with Crippen molar-refractivity contribution in [3.05, 3.63) is 12.2 Å². The van der Waals surface area contributed by atoms with Crippen LogP contribution in [0.2, 0.25) is 0 Å². The Kier molecular flexibility index (Phi) is 12.4. The van der Waals surface area contributed by atoms with Gasteiger partial charge in [0.1, 0.15) is 0 Å². The third-order valence-corrected chi connectivity index (χ3v) is 2.48. The van der Waals surface area contributed by atoms with Crippen molar-refractivity contribution in [2.24, 2.45) is 0 Å². The number of hydrogen-bond donors (Lipinski definition) is 3. The fourth-order valence-electron chi connectivity index (χ4n) is 1.52. The number of hydrogen-bond acceptors (Lipinski definition) is 3. The predicted molar refractivity (Wildman–Crippen MR) is 68.2 cm³/mol. The molecule has 3 heteroatoms. The maximum absolute atomic E-state index is 8.58. The number of unbranched alkanes of at least 4 members (excludes halogenated alkanes) is 5. The van der Waals surface area contributed by atoms with Gasteiger partial charge >= 0.3 is 0 Å². The molecule has 0 rings (SSSR count). The smallest absolute Gasteiger partial charge is 0.154 e. The van der Waals surface area contributed by atoms with Crippen LogP contribution in [0.4, 0.5) is 0 Å². The standard InChI is InChI=1S/C13H27NO2/c1-2-3-4-5-6-8-11-14-12-9-7-10-13(15)16/h7,9,13-16H,2-6,8,10-12H2,1H3. The SMILES string of the molecule is CCCCCCCCNCC=CCC(O)O. The highest BCUT2D eigenvalue weighted by Crippen LogP contribution is 2.03. The molecule has 16 heavy (non-hydrogen) atoms. The van der Waals surface area contributed by atoms with E-state index < -0.39 is 6.29 Å². The Balaban J connectivity index is 3.01. The molecule has 0 aliphatic carbocycles. The molecule has 0 aliphatic heterocycles. The van der Waals surface area contributed by atoms with E-state index in [1.54, 1.807) is 6.08 Å². The zero-order valence-electron chi connectivity index (χ0n) is 10.5. The Morgan fingerprint density at radius 1 is 1.00 bits per heavy atom. The molecule has 0 saturated carbocycles. The lowest BCUT2D eigenvalue weighted by atomic mass is 10.1. The van der Waals surface area contributed by atoms with Crippen LogP contribution >= 0.6 is 0 Å². The van der Waals surface area contributed by atoms with Crippen molar-refractivity contribution in [2.45, 2.75) is 58.2 Å². The molecular weight excluding hydrogens is 202 g/mol. The van der Waals surface area contributed by atoms with E-state index in [-0.39, 0.29) is 0 Å². The molecule has 0 aromatic rings. The summed E-state index contributed by atoms with van der Waals surface area (Å²) in [5.41, 5.74) is 0. The first kappa shape index (κ1) is 15.6. The Bertz CT molecular complexity index is 158. The van der Waals surface area contributed by atoms with Crippen LogP contribution in [-0.2, 0) is 0 Å². The topological polar surface area (TPSA) is 52.5 Å². The second kappa shape index (κ2) is 12.7. The van der Waals surface area contributed by atoms with E-state index in [0.29, 0.717) is 6.42 Å². The van der Waals surface area contributed by atoms with Gasteiger partial charge in [0.2, 0.25) is 0 Å². The normalized spacial score (nSPS) is 11.8. The maximum Gasteiger partial charge on any atom is 0.154 e. The lowest BCUT2D eigenvalue weighted by molar-refractivity contribution is -0.0361. The van der Waals surface area contributed by atoms with Crippen LogP contribution in [0.3, 0.4) is 0 Å². The minimum absolute atomic E-state index is 0.318. The minimum atomic E-state index is -1.21. The Hall–Kier alpha value is -0.380. The number of rotatable bonds is 11. The molecule has 3 nitrogen and oxygen atoms in total. The first-order valence-electron chi connectivity index (χ1n) is 6.49. The van der Waals surface area contributed by atoms with Crippen LogP contribution in [0.15, 0.2) is 12.2 Å². The van der Waals surface area contributed by atoms with Gasteiger partial charge in [-0.3, -0.25) is 0 Å². The van der Waals surface area contributed by atoms with Crippen molar-refractivity contribution in [3.8, 4) is 0 Å². The van der Waals surface area contributed by atoms with E-state index in [1.807, 2.05) is 6.08 Å². The Morgan fingerprint density at radius 3 is 2.38 bits per heavy atom. The van der Waals surface area contributed by atoms with E-state index in [4.69, 9.17) is 10.2 Å². The van der Waals surface area contributed by atoms with Crippen molar-refractivity contribution < 1.29 is 10.2 Å². The summed E-state index contributed by atoms with van der Waals surface area (Å²) in [6, 6.07) is 0. The summed E-state index contributed by atoms with van der Waals surface area (Å²) in [5.74, 6) is 0. The van der Waals surface area contributed by atoms with Crippen LogP contribution in [0.25, 0.3) is 0 Å². The summed E-state index contributed by atoms with van der Waals surface area (Å²) in [4.78, 5) is 0. The third kappa shape index (κ3) is 13.6. The van der Waals surface area contributed by atoms with E-state index in [1.165, 1.54) is 38.5 Å². The van der Waals surface area contributed by atoms with Gasteiger partial charge in [-0.2, -0.15) is 0 Å². The van der Waals surface area contributed by atoms with Gasteiger partial charge in [0.05, 0.1) is 0 Å². The molecule has 0 spiro atoms. The van der Waals surface area contributed by atoms with E-state index >= 15 is 0 Å². The molecular formula is C13H27NO2. The average Bonchev–Trinajstić information content (AvgIpc) is 2.25. The largest absolute Gasteiger partial charge is 0.368 e. The van der Waals surface area contributed by atoms with Crippen molar-refractivity contribution in [1.29, 1.82) is 0 Å². The zero-order valence-corrected chi connectivity index (χ0v) is 10.5. The first-order valence-corrected chi connectivity index (χ1v) is 6.49. The number of nitrogens with one attached hydrogen (secondary N) is 1. The summed E-state index contributed by atoms with van der Waals surface area (Å²) in [6.45, 7) is 4.11. The average molecular weight is 229 g/mol. The van der Waals surface area contributed by atoms with Crippen LogP contribution in [0.1, 0.15) is 51.9 Å². The molecule has 0 amide bonds. The van der Waals surface area contributed by atoms with E-state index in [2.05, 4.69) is 12.2 Å². The van der Waals surface area contributed by atoms with Gasteiger partial charge in [0, 0.05) is 13.0 Å². The van der Waals surface area contributed by atoms with E-state index in [0.717, 1.165) is 13.1 Å². The van der Waals surface area contributed by atoms with Crippen LogP contribution in [-0.4, -0.2) is 29.6 Å². The highest BCUT2D eigenvalue weighted by molar-refractivity contribution is 4.84. The van der Waals surface area contributed by atoms with Gasteiger partial charge < -0.3 is 15.5 Å². The second-order valence-corrected chi connectivity index (χ2v) is 4.16. The quantitative estimate of drug-likeness (QED) is 0.289. The fourth-order valence-corrected chi connectivity index (χ4v) is 1.52.